The Balaban J connectivity index is 2.46. The third-order valence-electron chi connectivity index (χ3n) is 2.83. The lowest BCUT2D eigenvalue weighted by atomic mass is 10.1. The number of nitrogens with one attached hydrogen (secondary N) is 1. The zero-order valence-corrected chi connectivity index (χ0v) is 9.78. The van der Waals surface area contributed by atoms with Crippen LogP contribution in [0.4, 0.5) is 19.0 Å². The number of halogens is 3. The summed E-state index contributed by atoms with van der Waals surface area (Å²) in [5.41, 5.74) is 0.0123. The summed E-state index contributed by atoms with van der Waals surface area (Å²) in [5.74, 6) is -0.651. The standard InChI is InChI=1S/C10H12F3N3O2/c1-5-3-7(10(11,12)13)16-8(15-5)6(4-14-16)9(17)18-2/h4-5,7,15H,3H2,1-2H3/t5-,7-/m0/s1. The number of nitrogens with zero attached hydrogens (tertiary/aromatic N) is 2. The highest BCUT2D eigenvalue weighted by molar-refractivity contribution is 5.94. The first kappa shape index (κ1) is 12.7. The van der Waals surface area contributed by atoms with E-state index in [2.05, 4.69) is 15.2 Å². The van der Waals surface area contributed by atoms with Crippen LogP contribution in [0.2, 0.25) is 0 Å². The van der Waals surface area contributed by atoms with Gasteiger partial charge in [-0.1, -0.05) is 0 Å². The number of alkyl halides is 3. The Kier molecular flexibility index (Phi) is 2.95. The Bertz CT molecular complexity index is 469. The molecule has 1 aromatic rings. The first-order valence-corrected chi connectivity index (χ1v) is 5.33. The number of fused-ring (bicyclic) bond motifs is 1. The second kappa shape index (κ2) is 4.18. The Hall–Kier alpha value is -1.73. The van der Waals surface area contributed by atoms with E-state index >= 15 is 0 Å². The smallest absolute Gasteiger partial charge is 0.410 e. The predicted molar refractivity (Wildman–Crippen MR) is 56.4 cm³/mol. The van der Waals surface area contributed by atoms with Crippen LogP contribution in [0.3, 0.4) is 0 Å². The van der Waals surface area contributed by atoms with E-state index in [0.717, 1.165) is 10.9 Å². The van der Waals surface area contributed by atoms with Gasteiger partial charge < -0.3 is 10.1 Å². The molecule has 1 aromatic heterocycles. The van der Waals surface area contributed by atoms with E-state index in [1.165, 1.54) is 7.11 Å². The van der Waals surface area contributed by atoms with E-state index in [9.17, 15) is 18.0 Å². The Morgan fingerprint density at radius 1 is 1.61 bits per heavy atom. The molecule has 0 bridgehead atoms. The highest BCUT2D eigenvalue weighted by atomic mass is 19.4. The van der Waals surface area contributed by atoms with Crippen molar-refractivity contribution in [2.75, 3.05) is 12.4 Å². The Morgan fingerprint density at radius 2 is 2.28 bits per heavy atom. The topological polar surface area (TPSA) is 56.1 Å². The van der Waals surface area contributed by atoms with Crippen molar-refractivity contribution in [2.24, 2.45) is 0 Å². The van der Waals surface area contributed by atoms with Crippen molar-refractivity contribution in [1.82, 2.24) is 9.78 Å². The Labute approximate surface area is 101 Å². The van der Waals surface area contributed by atoms with Crippen molar-refractivity contribution in [1.29, 1.82) is 0 Å². The van der Waals surface area contributed by atoms with E-state index in [1.54, 1.807) is 6.92 Å². The van der Waals surface area contributed by atoms with Gasteiger partial charge in [0, 0.05) is 6.04 Å². The van der Waals surface area contributed by atoms with Crippen molar-refractivity contribution in [3.8, 4) is 0 Å². The van der Waals surface area contributed by atoms with Gasteiger partial charge in [0.05, 0.1) is 13.3 Å². The SMILES string of the molecule is COC(=O)c1cnn2c1N[C@@H](C)C[C@H]2C(F)(F)F. The molecule has 0 saturated heterocycles. The summed E-state index contributed by atoms with van der Waals surface area (Å²) in [6.45, 7) is 1.62. The first-order valence-electron chi connectivity index (χ1n) is 5.33. The first-order chi connectivity index (χ1) is 8.34. The molecule has 5 nitrogen and oxygen atoms in total. The maximum atomic E-state index is 12.9. The largest absolute Gasteiger partial charge is 0.465 e. The minimum atomic E-state index is -4.40. The number of carbonyl (C=O) groups excluding carboxylic acids is 1. The van der Waals surface area contributed by atoms with Crippen molar-refractivity contribution in [3.63, 3.8) is 0 Å². The van der Waals surface area contributed by atoms with Crippen molar-refractivity contribution >= 4 is 11.8 Å². The molecule has 2 heterocycles. The lowest BCUT2D eigenvalue weighted by Gasteiger charge is -2.31. The number of hydrogen-bond donors (Lipinski definition) is 1. The molecule has 1 N–H and O–H groups in total. The third kappa shape index (κ3) is 2.02. The highest BCUT2D eigenvalue weighted by Gasteiger charge is 2.46. The molecule has 100 valence electrons. The average molecular weight is 263 g/mol. The summed E-state index contributed by atoms with van der Waals surface area (Å²) in [4.78, 5) is 11.4. The maximum Gasteiger partial charge on any atom is 0.410 e. The minimum absolute atomic E-state index is 0.0123. The molecule has 0 spiro atoms. The molecule has 1 aliphatic heterocycles. The number of carbonyl (C=O) groups is 1. The van der Waals surface area contributed by atoms with Crippen LogP contribution in [0.25, 0.3) is 0 Å². The number of hydrogen-bond acceptors (Lipinski definition) is 4. The average Bonchev–Trinajstić information content (AvgIpc) is 2.69. The fourth-order valence-corrected chi connectivity index (χ4v) is 2.00. The van der Waals surface area contributed by atoms with Gasteiger partial charge >= 0.3 is 12.1 Å². The van der Waals surface area contributed by atoms with E-state index in [4.69, 9.17) is 0 Å². The zero-order valence-electron chi connectivity index (χ0n) is 9.78. The number of esters is 1. The van der Waals surface area contributed by atoms with Gasteiger partial charge in [0.1, 0.15) is 11.4 Å². The minimum Gasteiger partial charge on any atom is -0.465 e. The van der Waals surface area contributed by atoms with Gasteiger partial charge in [-0.2, -0.15) is 18.3 Å². The van der Waals surface area contributed by atoms with Crippen LogP contribution in [0.1, 0.15) is 29.7 Å². The summed E-state index contributed by atoms with van der Waals surface area (Å²) < 4.78 is 43.9. The summed E-state index contributed by atoms with van der Waals surface area (Å²) in [5, 5.41) is 6.47. The molecule has 0 fully saturated rings. The molecular weight excluding hydrogens is 251 g/mol. The van der Waals surface area contributed by atoms with Crippen LogP contribution in [-0.2, 0) is 4.74 Å². The number of rotatable bonds is 1. The summed E-state index contributed by atoms with van der Waals surface area (Å²) >= 11 is 0. The second-order valence-electron chi connectivity index (χ2n) is 4.18. The molecule has 18 heavy (non-hydrogen) atoms. The van der Waals surface area contributed by atoms with Crippen molar-refractivity contribution < 1.29 is 22.7 Å². The quantitative estimate of drug-likeness (QED) is 0.787. The molecule has 0 saturated carbocycles. The van der Waals surface area contributed by atoms with Crippen LogP contribution in [0.5, 0.6) is 0 Å². The predicted octanol–water partition coefficient (Wildman–Crippen LogP) is 1.98. The van der Waals surface area contributed by atoms with Gasteiger partial charge in [0.25, 0.3) is 0 Å². The van der Waals surface area contributed by atoms with Crippen LogP contribution >= 0.6 is 0 Å². The van der Waals surface area contributed by atoms with Crippen LogP contribution in [0, 0.1) is 0 Å². The molecule has 0 aromatic carbocycles. The lowest BCUT2D eigenvalue weighted by Crippen LogP contribution is -2.38. The fraction of sp³-hybridized carbons (Fsp3) is 0.600. The molecule has 0 radical (unpaired) electrons. The molecule has 1 aliphatic rings. The van der Waals surface area contributed by atoms with Gasteiger partial charge in [0.15, 0.2) is 6.04 Å². The van der Waals surface area contributed by atoms with E-state index < -0.39 is 24.2 Å². The second-order valence-corrected chi connectivity index (χ2v) is 4.18. The van der Waals surface area contributed by atoms with Crippen LogP contribution < -0.4 is 5.32 Å². The summed E-state index contributed by atoms with van der Waals surface area (Å²) in [7, 11) is 1.17. The van der Waals surface area contributed by atoms with Gasteiger partial charge in [-0.15, -0.1) is 0 Å². The molecule has 2 rings (SSSR count). The van der Waals surface area contributed by atoms with E-state index in [-0.39, 0.29) is 17.8 Å². The van der Waals surface area contributed by atoms with Crippen LogP contribution in [0.15, 0.2) is 6.20 Å². The monoisotopic (exact) mass is 263 g/mol. The van der Waals surface area contributed by atoms with Crippen molar-refractivity contribution in [2.45, 2.75) is 31.6 Å². The van der Waals surface area contributed by atoms with Gasteiger partial charge in [0.2, 0.25) is 0 Å². The maximum absolute atomic E-state index is 12.9. The summed E-state index contributed by atoms with van der Waals surface area (Å²) in [6, 6.07) is -2.12. The fourth-order valence-electron chi connectivity index (χ4n) is 2.00. The molecule has 8 heteroatoms. The highest BCUT2D eigenvalue weighted by Crippen LogP contribution is 2.40. The molecular formula is C10H12F3N3O2. The molecule has 0 amide bonds. The lowest BCUT2D eigenvalue weighted by molar-refractivity contribution is -0.173. The van der Waals surface area contributed by atoms with Gasteiger partial charge in [-0.3, -0.25) is 0 Å². The normalized spacial score (nSPS) is 23.2. The van der Waals surface area contributed by atoms with Gasteiger partial charge in [-0.05, 0) is 13.3 Å². The number of aromatic nitrogens is 2. The van der Waals surface area contributed by atoms with E-state index in [1.807, 2.05) is 0 Å². The van der Waals surface area contributed by atoms with E-state index in [0.29, 0.717) is 0 Å². The third-order valence-corrected chi connectivity index (χ3v) is 2.83. The number of methoxy groups -OCH3 is 1. The molecule has 0 aliphatic carbocycles. The van der Waals surface area contributed by atoms with Gasteiger partial charge in [-0.25, -0.2) is 9.48 Å². The number of ether oxygens (including phenoxy) is 1. The van der Waals surface area contributed by atoms with Crippen molar-refractivity contribution in [3.05, 3.63) is 11.8 Å². The zero-order chi connectivity index (χ0) is 13.5. The molecule has 2 atom stereocenters. The molecule has 0 unspecified atom stereocenters. The summed E-state index contributed by atoms with van der Waals surface area (Å²) in [6.07, 6.45) is -3.44. The van der Waals surface area contributed by atoms with Crippen LogP contribution in [-0.4, -0.2) is 35.1 Å². The Morgan fingerprint density at radius 3 is 2.83 bits per heavy atom. The number of anilines is 1.